The number of carbonyl (C=O) groups excluding carboxylic acids is 1. The maximum atomic E-state index is 12.0. The molecule has 0 aliphatic carbocycles. The molecule has 0 aliphatic rings. The zero-order chi connectivity index (χ0) is 16.7. The predicted molar refractivity (Wildman–Crippen MR) is 95.2 cm³/mol. The summed E-state index contributed by atoms with van der Waals surface area (Å²) in [6.45, 7) is 1.99. The lowest BCUT2D eigenvalue weighted by molar-refractivity contribution is 0.248. The lowest BCUT2D eigenvalue weighted by Gasteiger charge is -2.15. The topological polar surface area (TPSA) is 58.2 Å². The molecule has 122 valence electrons. The minimum atomic E-state index is -1.01. The first-order valence-electron chi connectivity index (χ1n) is 7.59. The SMILES string of the molecule is C[C@@H](CCc1ccccc1)NC(=O)Nc1ccc([S@](C)=O)cc1. The number of anilines is 1. The van der Waals surface area contributed by atoms with Gasteiger partial charge in [0, 0.05) is 33.7 Å². The van der Waals surface area contributed by atoms with Crippen LogP contribution >= 0.6 is 0 Å². The van der Waals surface area contributed by atoms with Crippen LogP contribution in [0, 0.1) is 0 Å². The number of rotatable bonds is 6. The Balaban J connectivity index is 1.78. The summed E-state index contributed by atoms with van der Waals surface area (Å²) in [6, 6.07) is 17.1. The van der Waals surface area contributed by atoms with Crippen molar-refractivity contribution in [1.29, 1.82) is 0 Å². The molecule has 0 unspecified atom stereocenters. The summed E-state index contributed by atoms with van der Waals surface area (Å²) in [5, 5.41) is 5.71. The van der Waals surface area contributed by atoms with Gasteiger partial charge in [-0.05, 0) is 49.6 Å². The second-order valence-electron chi connectivity index (χ2n) is 5.50. The highest BCUT2D eigenvalue weighted by molar-refractivity contribution is 7.84. The highest BCUT2D eigenvalue weighted by Gasteiger charge is 2.08. The van der Waals surface area contributed by atoms with Crippen molar-refractivity contribution in [2.45, 2.75) is 30.7 Å². The van der Waals surface area contributed by atoms with Crippen LogP contribution in [0.25, 0.3) is 0 Å². The fourth-order valence-electron chi connectivity index (χ4n) is 2.22. The van der Waals surface area contributed by atoms with E-state index < -0.39 is 10.8 Å². The minimum Gasteiger partial charge on any atom is -0.335 e. The first-order valence-corrected chi connectivity index (χ1v) is 9.15. The van der Waals surface area contributed by atoms with Gasteiger partial charge in [-0.2, -0.15) is 0 Å². The van der Waals surface area contributed by atoms with Crippen molar-refractivity contribution in [2.24, 2.45) is 0 Å². The van der Waals surface area contributed by atoms with Crippen molar-refractivity contribution >= 4 is 22.5 Å². The number of urea groups is 1. The van der Waals surface area contributed by atoms with Crippen LogP contribution in [0.1, 0.15) is 18.9 Å². The molecule has 0 saturated heterocycles. The third kappa shape index (κ3) is 5.87. The molecule has 2 N–H and O–H groups in total. The third-order valence-corrected chi connectivity index (χ3v) is 4.47. The van der Waals surface area contributed by atoms with Gasteiger partial charge in [0.2, 0.25) is 0 Å². The van der Waals surface area contributed by atoms with E-state index in [4.69, 9.17) is 0 Å². The minimum absolute atomic E-state index is 0.0811. The van der Waals surface area contributed by atoms with Gasteiger partial charge < -0.3 is 10.6 Å². The van der Waals surface area contributed by atoms with Gasteiger partial charge in [-0.15, -0.1) is 0 Å². The summed E-state index contributed by atoms with van der Waals surface area (Å²) in [5.74, 6) is 0. The number of amides is 2. The van der Waals surface area contributed by atoms with Crippen LogP contribution in [0.4, 0.5) is 10.5 Å². The quantitative estimate of drug-likeness (QED) is 0.851. The van der Waals surface area contributed by atoms with E-state index in [1.54, 1.807) is 30.5 Å². The van der Waals surface area contributed by atoms with E-state index in [9.17, 15) is 9.00 Å². The van der Waals surface area contributed by atoms with E-state index in [1.165, 1.54) is 5.56 Å². The number of aryl methyl sites for hydroxylation is 1. The van der Waals surface area contributed by atoms with Crippen molar-refractivity contribution in [2.75, 3.05) is 11.6 Å². The van der Waals surface area contributed by atoms with Gasteiger partial charge in [-0.1, -0.05) is 30.3 Å². The van der Waals surface area contributed by atoms with Crippen molar-refractivity contribution in [3.05, 3.63) is 60.2 Å². The number of hydrogen-bond donors (Lipinski definition) is 2. The van der Waals surface area contributed by atoms with Crippen LogP contribution in [0.3, 0.4) is 0 Å². The Morgan fingerprint density at radius 3 is 2.35 bits per heavy atom. The highest BCUT2D eigenvalue weighted by atomic mass is 32.2. The Bertz CT molecular complexity index is 656. The smallest absolute Gasteiger partial charge is 0.319 e. The monoisotopic (exact) mass is 330 g/mol. The molecule has 5 heteroatoms. The molecular formula is C18H22N2O2S. The molecule has 2 aromatic rings. The Morgan fingerprint density at radius 2 is 1.74 bits per heavy atom. The maximum Gasteiger partial charge on any atom is 0.319 e. The van der Waals surface area contributed by atoms with Gasteiger partial charge in [0.15, 0.2) is 0 Å². The van der Waals surface area contributed by atoms with Crippen molar-refractivity contribution in [3.8, 4) is 0 Å². The molecule has 2 atom stereocenters. The average molecular weight is 330 g/mol. The summed E-state index contributed by atoms with van der Waals surface area (Å²) in [4.78, 5) is 12.7. The largest absolute Gasteiger partial charge is 0.335 e. The molecule has 0 fully saturated rings. The van der Waals surface area contributed by atoms with Gasteiger partial charge in [0.25, 0.3) is 0 Å². The van der Waals surface area contributed by atoms with E-state index in [2.05, 4.69) is 22.8 Å². The highest BCUT2D eigenvalue weighted by Crippen LogP contribution is 2.12. The first kappa shape index (κ1) is 17.2. The van der Waals surface area contributed by atoms with Crippen LogP contribution in [0.5, 0.6) is 0 Å². The molecule has 2 aromatic carbocycles. The molecule has 0 radical (unpaired) electrons. The summed E-state index contributed by atoms with van der Waals surface area (Å²) < 4.78 is 11.3. The Morgan fingerprint density at radius 1 is 1.09 bits per heavy atom. The third-order valence-electron chi connectivity index (χ3n) is 3.53. The van der Waals surface area contributed by atoms with E-state index in [-0.39, 0.29) is 12.1 Å². The lowest BCUT2D eigenvalue weighted by atomic mass is 10.1. The lowest BCUT2D eigenvalue weighted by Crippen LogP contribution is -2.36. The van der Waals surface area contributed by atoms with Crippen LogP contribution < -0.4 is 10.6 Å². The average Bonchev–Trinajstić information content (AvgIpc) is 2.54. The summed E-state index contributed by atoms with van der Waals surface area (Å²) in [7, 11) is -1.01. The molecule has 0 heterocycles. The Kier molecular flexibility index (Phi) is 6.35. The fraction of sp³-hybridized carbons (Fsp3) is 0.278. The van der Waals surface area contributed by atoms with E-state index in [0.717, 1.165) is 17.7 Å². The van der Waals surface area contributed by atoms with Crippen molar-refractivity contribution in [3.63, 3.8) is 0 Å². The van der Waals surface area contributed by atoms with E-state index in [1.807, 2.05) is 25.1 Å². The fourth-order valence-corrected chi connectivity index (χ4v) is 2.74. The van der Waals surface area contributed by atoms with Gasteiger partial charge in [-0.25, -0.2) is 4.79 Å². The Labute approximate surface area is 139 Å². The molecular weight excluding hydrogens is 308 g/mol. The standard InChI is InChI=1S/C18H22N2O2S/c1-14(8-9-15-6-4-3-5-7-15)19-18(21)20-16-10-12-17(13-11-16)23(2)22/h3-7,10-14H,8-9H2,1-2H3,(H2,19,20,21)/t14-,23-/m0/s1. The molecule has 2 rings (SSSR count). The Hall–Kier alpha value is -2.14. The molecule has 0 saturated carbocycles. The number of hydrogen-bond acceptors (Lipinski definition) is 2. The molecule has 0 aliphatic heterocycles. The van der Waals surface area contributed by atoms with Gasteiger partial charge in [0.1, 0.15) is 0 Å². The van der Waals surface area contributed by atoms with Crippen LogP contribution in [0.15, 0.2) is 59.5 Å². The van der Waals surface area contributed by atoms with Crippen molar-refractivity contribution < 1.29 is 9.00 Å². The number of carbonyl (C=O) groups is 1. The second kappa shape index (κ2) is 8.48. The summed E-state index contributed by atoms with van der Waals surface area (Å²) in [5.41, 5.74) is 1.96. The molecule has 2 amide bonds. The second-order valence-corrected chi connectivity index (χ2v) is 6.88. The predicted octanol–water partition coefficient (Wildman–Crippen LogP) is 3.57. The first-order chi connectivity index (χ1) is 11.0. The zero-order valence-corrected chi connectivity index (χ0v) is 14.2. The molecule has 23 heavy (non-hydrogen) atoms. The van der Waals surface area contributed by atoms with Crippen molar-refractivity contribution in [1.82, 2.24) is 5.32 Å². The summed E-state index contributed by atoms with van der Waals surface area (Å²) in [6.07, 6.45) is 3.44. The zero-order valence-electron chi connectivity index (χ0n) is 13.4. The van der Waals surface area contributed by atoms with Gasteiger partial charge >= 0.3 is 6.03 Å². The van der Waals surface area contributed by atoms with Crippen LogP contribution in [0.2, 0.25) is 0 Å². The normalized spacial score (nSPS) is 13.1. The van der Waals surface area contributed by atoms with Crippen LogP contribution in [-0.2, 0) is 17.2 Å². The maximum absolute atomic E-state index is 12.0. The van der Waals surface area contributed by atoms with Gasteiger partial charge in [0.05, 0.1) is 0 Å². The van der Waals surface area contributed by atoms with Crippen LogP contribution in [-0.4, -0.2) is 22.5 Å². The van der Waals surface area contributed by atoms with E-state index in [0.29, 0.717) is 5.69 Å². The summed E-state index contributed by atoms with van der Waals surface area (Å²) >= 11 is 0. The van der Waals surface area contributed by atoms with E-state index >= 15 is 0 Å². The molecule has 4 nitrogen and oxygen atoms in total. The number of nitrogens with one attached hydrogen (secondary N) is 2. The van der Waals surface area contributed by atoms with Gasteiger partial charge in [-0.3, -0.25) is 4.21 Å². The number of benzene rings is 2. The molecule has 0 aromatic heterocycles. The molecule has 0 spiro atoms. The molecule has 0 bridgehead atoms.